The van der Waals surface area contributed by atoms with E-state index in [9.17, 15) is 9.90 Å². The Labute approximate surface area is 133 Å². The van der Waals surface area contributed by atoms with Crippen LogP contribution in [0.5, 0.6) is 0 Å². The predicted octanol–water partition coefficient (Wildman–Crippen LogP) is 3.11. The maximum Gasteiger partial charge on any atom is 0.321 e. The first-order valence-corrected chi connectivity index (χ1v) is 8.26. The average molecular weight is 317 g/mol. The molecule has 2 heterocycles. The molecule has 0 spiro atoms. The van der Waals surface area contributed by atoms with Crippen molar-refractivity contribution in [2.75, 3.05) is 18.4 Å². The van der Waals surface area contributed by atoms with Crippen LogP contribution in [0.15, 0.2) is 29.6 Å². The van der Waals surface area contributed by atoms with E-state index in [1.54, 1.807) is 16.2 Å². The van der Waals surface area contributed by atoms with E-state index < -0.39 is 6.10 Å². The van der Waals surface area contributed by atoms with Crippen LogP contribution in [0.1, 0.15) is 18.5 Å². The van der Waals surface area contributed by atoms with Gasteiger partial charge in [0.1, 0.15) is 5.01 Å². The number of rotatable bonds is 2. The number of nitrogens with zero attached hydrogens (tertiary/aromatic N) is 2. The van der Waals surface area contributed by atoms with E-state index in [1.165, 1.54) is 0 Å². The van der Waals surface area contributed by atoms with E-state index in [4.69, 9.17) is 0 Å². The zero-order valence-electron chi connectivity index (χ0n) is 12.5. The van der Waals surface area contributed by atoms with Crippen molar-refractivity contribution < 1.29 is 9.90 Å². The fourth-order valence-electron chi connectivity index (χ4n) is 2.56. The maximum atomic E-state index is 12.3. The van der Waals surface area contributed by atoms with Gasteiger partial charge in [-0.15, -0.1) is 11.3 Å². The number of hydrogen-bond acceptors (Lipinski definition) is 4. The van der Waals surface area contributed by atoms with Gasteiger partial charge in [-0.3, -0.25) is 0 Å². The molecule has 2 amide bonds. The summed E-state index contributed by atoms with van der Waals surface area (Å²) in [6.07, 6.45) is 1.19. The normalized spacial score (nSPS) is 18.3. The zero-order chi connectivity index (χ0) is 15.5. The molecule has 22 heavy (non-hydrogen) atoms. The Kier molecular flexibility index (Phi) is 4.40. The van der Waals surface area contributed by atoms with Gasteiger partial charge in [-0.05, 0) is 31.9 Å². The van der Waals surface area contributed by atoms with Gasteiger partial charge in [0, 0.05) is 35.4 Å². The predicted molar refractivity (Wildman–Crippen MR) is 88.1 cm³/mol. The number of aliphatic hydroxyl groups is 1. The van der Waals surface area contributed by atoms with Crippen molar-refractivity contribution in [3.63, 3.8) is 0 Å². The Morgan fingerprint density at radius 2 is 2.36 bits per heavy atom. The summed E-state index contributed by atoms with van der Waals surface area (Å²) in [4.78, 5) is 18.4. The molecule has 2 aromatic rings. The number of aliphatic hydroxyl groups excluding tert-OH is 1. The Bertz CT molecular complexity index is 671. The fraction of sp³-hybridized carbons (Fsp3) is 0.375. The van der Waals surface area contributed by atoms with Crippen LogP contribution in [0.3, 0.4) is 0 Å². The molecule has 116 valence electrons. The molecule has 0 radical (unpaired) electrons. The molecule has 6 heteroatoms. The number of β-amino-alcohol motifs (C(OH)–C–C–N with tert-alkyl or cyclic N) is 1. The number of piperidine rings is 1. The van der Waals surface area contributed by atoms with E-state index in [0.29, 0.717) is 13.1 Å². The van der Waals surface area contributed by atoms with Gasteiger partial charge in [-0.2, -0.15) is 0 Å². The van der Waals surface area contributed by atoms with Crippen LogP contribution < -0.4 is 5.32 Å². The Morgan fingerprint density at radius 3 is 3.09 bits per heavy atom. The summed E-state index contributed by atoms with van der Waals surface area (Å²) in [5.41, 5.74) is 2.74. The molecule has 5 nitrogen and oxygen atoms in total. The molecule has 0 saturated carbocycles. The van der Waals surface area contributed by atoms with E-state index >= 15 is 0 Å². The number of carbonyl (C=O) groups is 1. The number of aromatic nitrogens is 1. The van der Waals surface area contributed by atoms with Crippen molar-refractivity contribution >= 4 is 23.1 Å². The molecule has 0 bridgehead atoms. The molecule has 1 aliphatic rings. The van der Waals surface area contributed by atoms with Gasteiger partial charge in [0.25, 0.3) is 0 Å². The highest BCUT2D eigenvalue weighted by molar-refractivity contribution is 7.13. The van der Waals surface area contributed by atoms with Gasteiger partial charge in [-0.1, -0.05) is 12.1 Å². The second-order valence-corrected chi connectivity index (χ2v) is 6.41. The Hall–Kier alpha value is -1.92. The molecular formula is C16H19N3O2S. The van der Waals surface area contributed by atoms with Crippen LogP contribution in [0.2, 0.25) is 0 Å². The molecular weight excluding hydrogens is 298 g/mol. The number of urea groups is 1. The smallest absolute Gasteiger partial charge is 0.321 e. The lowest BCUT2D eigenvalue weighted by Gasteiger charge is -2.30. The van der Waals surface area contributed by atoms with Crippen LogP contribution in [-0.4, -0.2) is 40.2 Å². The first-order chi connectivity index (χ1) is 10.6. The van der Waals surface area contributed by atoms with Crippen LogP contribution >= 0.6 is 11.3 Å². The third kappa shape index (κ3) is 3.45. The van der Waals surface area contributed by atoms with E-state index in [2.05, 4.69) is 10.3 Å². The van der Waals surface area contributed by atoms with Gasteiger partial charge >= 0.3 is 6.03 Å². The summed E-state index contributed by atoms with van der Waals surface area (Å²) < 4.78 is 0. The second kappa shape index (κ2) is 6.46. The monoisotopic (exact) mass is 317 g/mol. The lowest BCUT2D eigenvalue weighted by molar-refractivity contribution is 0.0883. The van der Waals surface area contributed by atoms with Crippen molar-refractivity contribution in [2.45, 2.75) is 25.9 Å². The molecule has 1 aromatic heterocycles. The lowest BCUT2D eigenvalue weighted by atomic mass is 10.1. The number of anilines is 1. The minimum absolute atomic E-state index is 0.161. The van der Waals surface area contributed by atoms with Crippen molar-refractivity contribution in [1.29, 1.82) is 0 Å². The van der Waals surface area contributed by atoms with Crippen LogP contribution in [0.4, 0.5) is 10.5 Å². The number of benzene rings is 1. The number of amides is 2. The van der Waals surface area contributed by atoms with Gasteiger partial charge in [0.15, 0.2) is 0 Å². The standard InChI is InChI=1S/C16H19N3O2S/c1-11-10-22-15(17-11)12-4-2-5-13(8-12)18-16(21)19-7-3-6-14(20)9-19/h2,4-5,8,10,14,20H,3,6-7,9H2,1H3,(H,18,21)/t14-/m1/s1. The zero-order valence-corrected chi connectivity index (χ0v) is 13.3. The van der Waals surface area contributed by atoms with E-state index in [1.807, 2.05) is 36.6 Å². The summed E-state index contributed by atoms with van der Waals surface area (Å²) in [7, 11) is 0. The number of carbonyl (C=O) groups excluding carboxylic acids is 1. The molecule has 1 fully saturated rings. The summed E-state index contributed by atoms with van der Waals surface area (Å²) >= 11 is 1.59. The summed E-state index contributed by atoms with van der Waals surface area (Å²) in [6, 6.07) is 7.52. The van der Waals surface area contributed by atoms with Crippen LogP contribution in [-0.2, 0) is 0 Å². The van der Waals surface area contributed by atoms with Crippen LogP contribution in [0, 0.1) is 6.92 Å². The second-order valence-electron chi connectivity index (χ2n) is 5.55. The highest BCUT2D eigenvalue weighted by Crippen LogP contribution is 2.26. The molecule has 0 aliphatic carbocycles. The molecule has 1 aromatic carbocycles. The number of hydrogen-bond donors (Lipinski definition) is 2. The SMILES string of the molecule is Cc1csc(-c2cccc(NC(=O)N3CCC[C@@H](O)C3)c2)n1. The average Bonchev–Trinajstić information content (AvgIpc) is 2.94. The van der Waals surface area contributed by atoms with Crippen molar-refractivity contribution in [3.05, 3.63) is 35.3 Å². The summed E-state index contributed by atoms with van der Waals surface area (Å²) in [5.74, 6) is 0. The molecule has 1 atom stereocenters. The van der Waals surface area contributed by atoms with Crippen molar-refractivity contribution in [1.82, 2.24) is 9.88 Å². The molecule has 0 unspecified atom stereocenters. The summed E-state index contributed by atoms with van der Waals surface area (Å²) in [5, 5.41) is 15.5. The highest BCUT2D eigenvalue weighted by Gasteiger charge is 2.22. The largest absolute Gasteiger partial charge is 0.391 e. The number of likely N-dealkylation sites (tertiary alicyclic amines) is 1. The van der Waals surface area contributed by atoms with Crippen LogP contribution in [0.25, 0.3) is 10.6 Å². The van der Waals surface area contributed by atoms with Gasteiger partial charge < -0.3 is 15.3 Å². The molecule has 1 aliphatic heterocycles. The minimum atomic E-state index is -0.413. The molecule has 2 N–H and O–H groups in total. The number of nitrogens with one attached hydrogen (secondary N) is 1. The van der Waals surface area contributed by atoms with Gasteiger partial charge in [-0.25, -0.2) is 9.78 Å². The maximum absolute atomic E-state index is 12.3. The number of aryl methyl sites for hydroxylation is 1. The van der Waals surface area contributed by atoms with E-state index in [0.717, 1.165) is 34.8 Å². The highest BCUT2D eigenvalue weighted by atomic mass is 32.1. The van der Waals surface area contributed by atoms with Crippen molar-refractivity contribution in [2.24, 2.45) is 0 Å². The number of thiazole rings is 1. The minimum Gasteiger partial charge on any atom is -0.391 e. The fourth-order valence-corrected chi connectivity index (χ4v) is 3.35. The first kappa shape index (κ1) is 15.0. The molecule has 1 saturated heterocycles. The van der Waals surface area contributed by atoms with Gasteiger partial charge in [0.2, 0.25) is 0 Å². The first-order valence-electron chi connectivity index (χ1n) is 7.38. The quantitative estimate of drug-likeness (QED) is 0.894. The summed E-state index contributed by atoms with van der Waals surface area (Å²) in [6.45, 7) is 3.05. The van der Waals surface area contributed by atoms with E-state index in [-0.39, 0.29) is 6.03 Å². The topological polar surface area (TPSA) is 65.5 Å². The Morgan fingerprint density at radius 1 is 1.50 bits per heavy atom. The van der Waals surface area contributed by atoms with Crippen molar-refractivity contribution in [3.8, 4) is 10.6 Å². The molecule has 3 rings (SSSR count). The van der Waals surface area contributed by atoms with Gasteiger partial charge in [0.05, 0.1) is 6.10 Å². The third-order valence-electron chi connectivity index (χ3n) is 3.66. The lowest BCUT2D eigenvalue weighted by Crippen LogP contribution is -2.44. The third-order valence-corrected chi connectivity index (χ3v) is 4.67. The Balaban J connectivity index is 1.71.